The molecule has 15 heteroatoms. The molecule has 2 saturated heterocycles. The minimum absolute atomic E-state index is 0.0617. The number of hydrogen-bond acceptors (Lipinski definition) is 10. The van der Waals surface area contributed by atoms with Gasteiger partial charge in [-0.25, -0.2) is 18.6 Å². The molecule has 2 aromatic carbocycles. The van der Waals surface area contributed by atoms with Crippen molar-refractivity contribution in [2.45, 2.75) is 89.6 Å². The first-order valence-electron chi connectivity index (χ1n) is 17.3. The van der Waals surface area contributed by atoms with Crippen molar-refractivity contribution in [3.05, 3.63) is 60.2 Å². The molecule has 4 rings (SSSR count). The third-order valence-electron chi connectivity index (χ3n) is 7.46. The van der Waals surface area contributed by atoms with Gasteiger partial charge in [0.2, 0.25) is 0 Å². The summed E-state index contributed by atoms with van der Waals surface area (Å²) in [6.07, 6.45) is 5.55. The molecule has 0 bridgehead atoms. The molecule has 0 spiro atoms. The Morgan fingerprint density at radius 3 is 1.60 bits per heavy atom. The molecule has 2 fully saturated rings. The van der Waals surface area contributed by atoms with E-state index in [4.69, 9.17) is 34.7 Å². The summed E-state index contributed by atoms with van der Waals surface area (Å²) in [6.45, 7) is 3.61. The van der Waals surface area contributed by atoms with Crippen molar-refractivity contribution in [2.24, 2.45) is 11.5 Å². The Bertz CT molecular complexity index is 1520. The minimum atomic E-state index is -0.899. The van der Waals surface area contributed by atoms with Crippen LogP contribution in [0.2, 0.25) is 0 Å². The second kappa shape index (κ2) is 25.1. The number of amides is 3. The third kappa shape index (κ3) is 18.9. The summed E-state index contributed by atoms with van der Waals surface area (Å²) in [5, 5.41) is 10.5. The molecule has 0 radical (unpaired) electrons. The van der Waals surface area contributed by atoms with Crippen molar-refractivity contribution in [1.29, 1.82) is 0 Å². The average molecular weight is 745 g/mol. The van der Waals surface area contributed by atoms with Gasteiger partial charge < -0.3 is 35.3 Å². The van der Waals surface area contributed by atoms with Gasteiger partial charge in [0.1, 0.15) is 48.6 Å². The first-order chi connectivity index (χ1) is 25.5. The first kappa shape index (κ1) is 44.2. The Morgan fingerprint density at radius 1 is 0.774 bits per heavy atom. The van der Waals surface area contributed by atoms with Gasteiger partial charge in [-0.3, -0.25) is 14.8 Å². The van der Waals surface area contributed by atoms with Crippen LogP contribution in [0, 0.1) is 35.3 Å². The standard InChI is InChI=1S/C20H24FNO5.C17H21FN2O4.CH5N/c1-15(23)22(27-16(2)24)13-4-3-6-19-7-5-8-20(26-19)14-25-18-11-9-17(21)10-12-18;18-13-7-9-14(10-8-13)23-12-16-6-3-5-15(24-16)4-1-2-11-20(22)17(19)21;1-2/h9-12,19-20H,4-5,7-8,13-14H2,1-2H3;7-10,15-16,22H,2-3,5-6,11-12H2,(H2,19,21);2H2,1H3/t19-,20+;15-,16+;/m11./s1. The van der Waals surface area contributed by atoms with Crippen LogP contribution >= 0.6 is 0 Å². The third-order valence-corrected chi connectivity index (χ3v) is 7.46. The Balaban J connectivity index is 0.000000353. The highest BCUT2D eigenvalue weighted by Gasteiger charge is 2.23. The second-order valence-corrected chi connectivity index (χ2v) is 11.7. The fourth-order valence-corrected chi connectivity index (χ4v) is 4.92. The summed E-state index contributed by atoms with van der Waals surface area (Å²) >= 11 is 0. The van der Waals surface area contributed by atoms with Gasteiger partial charge in [-0.05, 0) is 94.1 Å². The van der Waals surface area contributed by atoms with E-state index in [0.717, 1.165) is 43.6 Å². The summed E-state index contributed by atoms with van der Waals surface area (Å²) in [5.41, 5.74) is 9.40. The molecular formula is C38H50F2N4O9. The van der Waals surface area contributed by atoms with Crippen LogP contribution in [0.1, 0.15) is 65.2 Å². The summed E-state index contributed by atoms with van der Waals surface area (Å²) in [6, 6.07) is 10.8. The van der Waals surface area contributed by atoms with Gasteiger partial charge in [-0.2, -0.15) is 5.06 Å². The van der Waals surface area contributed by atoms with Crippen molar-refractivity contribution < 1.29 is 52.2 Å². The van der Waals surface area contributed by atoms with Crippen LogP contribution in [-0.4, -0.2) is 91.0 Å². The molecule has 290 valence electrons. The van der Waals surface area contributed by atoms with Gasteiger partial charge in [-0.1, -0.05) is 23.7 Å². The number of hydroxylamine groups is 4. The molecule has 4 atom stereocenters. The van der Waals surface area contributed by atoms with Crippen LogP contribution in [0.15, 0.2) is 48.5 Å². The van der Waals surface area contributed by atoms with Gasteiger partial charge in [0.15, 0.2) is 0 Å². The predicted octanol–water partition coefficient (Wildman–Crippen LogP) is 4.74. The monoisotopic (exact) mass is 744 g/mol. The highest BCUT2D eigenvalue weighted by molar-refractivity contribution is 5.75. The van der Waals surface area contributed by atoms with E-state index in [1.165, 1.54) is 45.2 Å². The van der Waals surface area contributed by atoms with E-state index in [1.807, 2.05) is 0 Å². The number of nitrogens with zero attached hydrogens (tertiary/aromatic N) is 2. The second-order valence-electron chi connectivity index (χ2n) is 11.7. The van der Waals surface area contributed by atoms with E-state index in [-0.39, 0.29) is 55.0 Å². The molecule has 3 amide bonds. The maximum absolute atomic E-state index is 12.9. The molecule has 0 aliphatic carbocycles. The number of primary amides is 1. The lowest BCUT2D eigenvalue weighted by atomic mass is 10.0. The zero-order valence-corrected chi connectivity index (χ0v) is 30.4. The number of nitrogens with two attached hydrogens (primary N) is 2. The van der Waals surface area contributed by atoms with E-state index in [9.17, 15) is 23.2 Å². The number of hydrogen-bond donors (Lipinski definition) is 3. The predicted molar refractivity (Wildman–Crippen MR) is 191 cm³/mol. The van der Waals surface area contributed by atoms with Gasteiger partial charge in [0.25, 0.3) is 5.91 Å². The van der Waals surface area contributed by atoms with Crippen molar-refractivity contribution >= 4 is 17.9 Å². The van der Waals surface area contributed by atoms with Crippen LogP contribution in [0.25, 0.3) is 0 Å². The lowest BCUT2D eigenvalue weighted by molar-refractivity contribution is -0.194. The highest BCUT2D eigenvalue weighted by atomic mass is 19.1. The number of carbonyl (C=O) groups is 3. The maximum atomic E-state index is 12.9. The number of benzene rings is 2. The molecule has 2 aliphatic rings. The van der Waals surface area contributed by atoms with Crippen molar-refractivity contribution in [1.82, 2.24) is 10.1 Å². The van der Waals surface area contributed by atoms with Gasteiger partial charge in [-0.15, -0.1) is 0 Å². The number of carbonyl (C=O) groups excluding carboxylic acids is 3. The molecule has 2 heterocycles. The van der Waals surface area contributed by atoms with E-state index < -0.39 is 12.0 Å². The zero-order valence-electron chi connectivity index (χ0n) is 30.4. The van der Waals surface area contributed by atoms with E-state index >= 15 is 0 Å². The Hall–Kier alpha value is -4.93. The summed E-state index contributed by atoms with van der Waals surface area (Å²) in [5.74, 6) is 11.6. The number of urea groups is 1. The Kier molecular flexibility index (Phi) is 21.0. The van der Waals surface area contributed by atoms with Gasteiger partial charge in [0, 0.05) is 26.7 Å². The van der Waals surface area contributed by atoms with Crippen LogP contribution in [0.3, 0.4) is 0 Å². The molecular weight excluding hydrogens is 694 g/mol. The number of halogens is 2. The van der Waals surface area contributed by atoms with Gasteiger partial charge in [0.05, 0.1) is 25.3 Å². The number of ether oxygens (including phenoxy) is 4. The van der Waals surface area contributed by atoms with Crippen LogP contribution in [0.5, 0.6) is 11.5 Å². The van der Waals surface area contributed by atoms with Crippen molar-refractivity contribution in [2.75, 3.05) is 33.4 Å². The molecule has 5 N–H and O–H groups in total. The van der Waals surface area contributed by atoms with Crippen molar-refractivity contribution in [3.63, 3.8) is 0 Å². The molecule has 13 nitrogen and oxygen atoms in total. The van der Waals surface area contributed by atoms with Crippen molar-refractivity contribution in [3.8, 4) is 35.2 Å². The van der Waals surface area contributed by atoms with Crippen LogP contribution in [-0.2, 0) is 23.9 Å². The summed E-state index contributed by atoms with van der Waals surface area (Å²) < 4.78 is 48.7. The first-order valence-corrected chi connectivity index (χ1v) is 17.3. The fraction of sp³-hybridized carbons (Fsp3) is 0.500. The smallest absolute Gasteiger partial charge is 0.338 e. The summed E-state index contributed by atoms with van der Waals surface area (Å²) in [4.78, 5) is 37.8. The molecule has 0 saturated carbocycles. The average Bonchev–Trinajstić information content (AvgIpc) is 3.15. The van der Waals surface area contributed by atoms with Crippen LogP contribution < -0.4 is 20.9 Å². The Labute approximate surface area is 309 Å². The normalized spacial score (nSPS) is 18.7. The SMILES string of the molecule is CC(=O)ON(CCC#C[C@@H]1CCC[C@@H](COc2ccc(F)cc2)O1)C(C)=O.CN.NC(=O)N(O)CCC#C[C@@H]1CCC[C@@H](COc2ccc(F)cc2)O1. The molecule has 53 heavy (non-hydrogen) atoms. The fourth-order valence-electron chi connectivity index (χ4n) is 4.92. The molecule has 2 aliphatic heterocycles. The molecule has 0 unspecified atom stereocenters. The van der Waals surface area contributed by atoms with E-state index in [0.29, 0.717) is 42.6 Å². The molecule has 0 aromatic heterocycles. The van der Waals surface area contributed by atoms with E-state index in [1.54, 1.807) is 24.3 Å². The van der Waals surface area contributed by atoms with Crippen LogP contribution in [0.4, 0.5) is 13.6 Å². The molecule has 2 aromatic rings. The van der Waals surface area contributed by atoms with E-state index in [2.05, 4.69) is 29.4 Å². The Morgan fingerprint density at radius 2 is 1.21 bits per heavy atom. The van der Waals surface area contributed by atoms with Gasteiger partial charge >= 0.3 is 12.0 Å². The lowest BCUT2D eigenvalue weighted by Crippen LogP contribution is -2.33. The summed E-state index contributed by atoms with van der Waals surface area (Å²) in [7, 11) is 1.50. The largest absolute Gasteiger partial charge is 0.491 e. The quantitative estimate of drug-likeness (QED) is 0.175. The topological polar surface area (TPSA) is 176 Å². The zero-order chi connectivity index (χ0) is 39.0. The highest BCUT2D eigenvalue weighted by Crippen LogP contribution is 2.22. The lowest BCUT2D eigenvalue weighted by Gasteiger charge is -2.27. The maximum Gasteiger partial charge on any atom is 0.338 e. The minimum Gasteiger partial charge on any atom is -0.491 e. The number of rotatable bonds is 10.